The van der Waals surface area contributed by atoms with Gasteiger partial charge < -0.3 is 15.1 Å². The summed E-state index contributed by atoms with van der Waals surface area (Å²) in [6, 6.07) is 6.61. The minimum atomic E-state index is -0.466. The molecule has 0 aliphatic carbocycles. The first-order valence-corrected chi connectivity index (χ1v) is 7.77. The van der Waals surface area contributed by atoms with E-state index in [2.05, 4.69) is 26.9 Å². The molecular weight excluding hydrogens is 306 g/mol. The molecule has 1 heterocycles. The quantitative estimate of drug-likeness (QED) is 0.872. The van der Waals surface area contributed by atoms with Crippen LogP contribution in [0, 0.1) is 0 Å². The number of benzene rings is 1. The maximum Gasteiger partial charge on any atom is 0.0782 e. The maximum absolute atomic E-state index is 9.96. The van der Waals surface area contributed by atoms with E-state index in [0.29, 0.717) is 6.04 Å². The number of nitrogens with zero attached hydrogens (tertiary/aromatic N) is 1. The van der Waals surface area contributed by atoms with Crippen LogP contribution in [0.15, 0.2) is 22.7 Å². The molecular formula is C15H22BrNO2. The van der Waals surface area contributed by atoms with Gasteiger partial charge in [0.2, 0.25) is 0 Å². The molecule has 106 valence electrons. The highest BCUT2D eigenvalue weighted by molar-refractivity contribution is 9.10. The molecule has 0 spiro atoms. The highest BCUT2D eigenvalue weighted by atomic mass is 79.9. The SMILES string of the molecule is CC(O)c1cc(Br)ccc1N1CCCC1CCCO. The first-order chi connectivity index (χ1) is 9.13. The lowest BCUT2D eigenvalue weighted by Gasteiger charge is -2.29. The number of aliphatic hydroxyl groups excluding tert-OH is 2. The third kappa shape index (κ3) is 3.50. The zero-order valence-corrected chi connectivity index (χ0v) is 12.9. The van der Waals surface area contributed by atoms with Gasteiger partial charge in [0.25, 0.3) is 0 Å². The number of aliphatic hydroxyl groups is 2. The van der Waals surface area contributed by atoms with Crippen molar-refractivity contribution in [1.29, 1.82) is 0 Å². The molecule has 2 N–H and O–H groups in total. The molecule has 1 aliphatic rings. The van der Waals surface area contributed by atoms with Crippen molar-refractivity contribution in [3.8, 4) is 0 Å². The first-order valence-electron chi connectivity index (χ1n) is 6.98. The van der Waals surface area contributed by atoms with Crippen molar-refractivity contribution in [2.75, 3.05) is 18.1 Å². The number of rotatable bonds is 5. The van der Waals surface area contributed by atoms with Crippen molar-refractivity contribution < 1.29 is 10.2 Å². The summed E-state index contributed by atoms with van der Waals surface area (Å²) in [5, 5.41) is 19.0. The van der Waals surface area contributed by atoms with Gasteiger partial charge >= 0.3 is 0 Å². The molecule has 1 fully saturated rings. The van der Waals surface area contributed by atoms with Crippen molar-refractivity contribution in [2.24, 2.45) is 0 Å². The second-order valence-electron chi connectivity index (χ2n) is 5.23. The highest BCUT2D eigenvalue weighted by Gasteiger charge is 2.26. The molecule has 19 heavy (non-hydrogen) atoms. The number of anilines is 1. The van der Waals surface area contributed by atoms with Crippen LogP contribution in [-0.2, 0) is 0 Å². The standard InChI is InChI=1S/C15H22BrNO2/c1-11(19)14-10-12(16)6-7-15(14)17-8-2-4-13(17)5-3-9-18/h6-7,10-11,13,18-19H,2-5,8-9H2,1H3. The van der Waals surface area contributed by atoms with E-state index in [-0.39, 0.29) is 6.61 Å². The topological polar surface area (TPSA) is 43.7 Å². The van der Waals surface area contributed by atoms with Gasteiger partial charge in [-0.3, -0.25) is 0 Å². The van der Waals surface area contributed by atoms with Crippen LogP contribution in [0.4, 0.5) is 5.69 Å². The summed E-state index contributed by atoms with van der Waals surface area (Å²) in [5.41, 5.74) is 2.11. The van der Waals surface area contributed by atoms with Crippen molar-refractivity contribution in [3.05, 3.63) is 28.2 Å². The van der Waals surface area contributed by atoms with E-state index in [0.717, 1.165) is 35.1 Å². The van der Waals surface area contributed by atoms with Crippen molar-refractivity contribution in [2.45, 2.75) is 44.8 Å². The normalized spacial score (nSPS) is 20.8. The number of hydrogen-bond donors (Lipinski definition) is 2. The third-order valence-electron chi connectivity index (χ3n) is 3.82. The Kier molecular flexibility index (Phi) is 5.25. The Hall–Kier alpha value is -0.580. The summed E-state index contributed by atoms with van der Waals surface area (Å²) in [4.78, 5) is 2.39. The molecule has 0 saturated carbocycles. The second kappa shape index (κ2) is 6.73. The molecule has 4 heteroatoms. The van der Waals surface area contributed by atoms with E-state index in [1.54, 1.807) is 0 Å². The van der Waals surface area contributed by atoms with Crippen molar-refractivity contribution >= 4 is 21.6 Å². The van der Waals surface area contributed by atoms with Gasteiger partial charge in [-0.25, -0.2) is 0 Å². The Bertz CT molecular complexity index is 423. The van der Waals surface area contributed by atoms with Gasteiger partial charge in [0.1, 0.15) is 0 Å². The van der Waals surface area contributed by atoms with E-state index < -0.39 is 6.10 Å². The van der Waals surface area contributed by atoms with Crippen LogP contribution in [0.2, 0.25) is 0 Å². The molecule has 1 aromatic rings. The van der Waals surface area contributed by atoms with Gasteiger partial charge in [-0.15, -0.1) is 0 Å². The van der Waals surface area contributed by atoms with Crippen molar-refractivity contribution in [1.82, 2.24) is 0 Å². The molecule has 3 nitrogen and oxygen atoms in total. The van der Waals surface area contributed by atoms with Gasteiger partial charge in [-0.1, -0.05) is 15.9 Å². The zero-order valence-electron chi connectivity index (χ0n) is 11.3. The first kappa shape index (κ1) is 14.8. The van der Waals surface area contributed by atoms with Gasteiger partial charge in [-0.05, 0) is 50.8 Å². The van der Waals surface area contributed by atoms with E-state index in [9.17, 15) is 5.11 Å². The lowest BCUT2D eigenvalue weighted by atomic mass is 10.0. The molecule has 0 radical (unpaired) electrons. The van der Waals surface area contributed by atoms with Gasteiger partial charge in [0.05, 0.1) is 6.10 Å². The van der Waals surface area contributed by atoms with Crippen LogP contribution < -0.4 is 4.90 Å². The van der Waals surface area contributed by atoms with E-state index in [1.807, 2.05) is 19.1 Å². The minimum absolute atomic E-state index is 0.258. The lowest BCUT2D eigenvalue weighted by molar-refractivity contribution is 0.199. The molecule has 0 aromatic heterocycles. The van der Waals surface area contributed by atoms with Crippen molar-refractivity contribution in [3.63, 3.8) is 0 Å². The van der Waals surface area contributed by atoms with Gasteiger partial charge in [-0.2, -0.15) is 0 Å². The summed E-state index contributed by atoms with van der Waals surface area (Å²) >= 11 is 3.47. The molecule has 1 saturated heterocycles. The maximum atomic E-state index is 9.96. The average Bonchev–Trinajstić information content (AvgIpc) is 2.84. The number of hydrogen-bond acceptors (Lipinski definition) is 3. The Balaban J connectivity index is 2.24. The predicted octanol–water partition coefficient (Wildman–Crippen LogP) is 3.24. The molecule has 0 bridgehead atoms. The van der Waals surface area contributed by atoms with Crippen LogP contribution in [0.3, 0.4) is 0 Å². The molecule has 2 atom stereocenters. The molecule has 1 aliphatic heterocycles. The van der Waals surface area contributed by atoms with Crippen LogP contribution in [-0.4, -0.2) is 29.4 Å². The monoisotopic (exact) mass is 327 g/mol. The van der Waals surface area contributed by atoms with Crippen LogP contribution in [0.25, 0.3) is 0 Å². The van der Waals surface area contributed by atoms with Gasteiger partial charge in [0, 0.05) is 34.9 Å². The summed E-state index contributed by atoms with van der Waals surface area (Å²) in [6.45, 7) is 3.11. The third-order valence-corrected chi connectivity index (χ3v) is 4.31. The van der Waals surface area contributed by atoms with Gasteiger partial charge in [0.15, 0.2) is 0 Å². The van der Waals surface area contributed by atoms with Crippen LogP contribution in [0.1, 0.15) is 44.3 Å². The van der Waals surface area contributed by atoms with E-state index in [1.165, 1.54) is 12.8 Å². The number of halogens is 1. The molecule has 2 rings (SSSR count). The Labute approximate surface area is 123 Å². The largest absolute Gasteiger partial charge is 0.396 e. The molecule has 2 unspecified atom stereocenters. The summed E-state index contributed by atoms with van der Waals surface area (Å²) in [7, 11) is 0. The van der Waals surface area contributed by atoms with Crippen LogP contribution in [0.5, 0.6) is 0 Å². The minimum Gasteiger partial charge on any atom is -0.396 e. The second-order valence-corrected chi connectivity index (χ2v) is 6.15. The fourth-order valence-electron chi connectivity index (χ4n) is 2.90. The lowest BCUT2D eigenvalue weighted by Crippen LogP contribution is -2.30. The molecule has 0 amide bonds. The Morgan fingerprint density at radius 2 is 2.26 bits per heavy atom. The fraction of sp³-hybridized carbons (Fsp3) is 0.600. The smallest absolute Gasteiger partial charge is 0.0782 e. The highest BCUT2D eigenvalue weighted by Crippen LogP contribution is 2.35. The zero-order chi connectivity index (χ0) is 13.8. The Morgan fingerprint density at radius 1 is 1.47 bits per heavy atom. The summed E-state index contributed by atoms with van der Waals surface area (Å²) < 4.78 is 0.998. The molecule has 1 aromatic carbocycles. The summed E-state index contributed by atoms with van der Waals surface area (Å²) in [6.07, 6.45) is 3.76. The average molecular weight is 328 g/mol. The van der Waals surface area contributed by atoms with E-state index >= 15 is 0 Å². The fourth-order valence-corrected chi connectivity index (χ4v) is 3.28. The summed E-state index contributed by atoms with van der Waals surface area (Å²) in [5.74, 6) is 0. The Morgan fingerprint density at radius 3 is 2.95 bits per heavy atom. The van der Waals surface area contributed by atoms with E-state index in [4.69, 9.17) is 5.11 Å². The van der Waals surface area contributed by atoms with Crippen LogP contribution >= 0.6 is 15.9 Å². The predicted molar refractivity (Wildman–Crippen MR) is 81.5 cm³/mol.